The van der Waals surface area contributed by atoms with E-state index in [1.807, 2.05) is 36.4 Å². The molecule has 0 saturated heterocycles. The van der Waals surface area contributed by atoms with Gasteiger partial charge in [-0.2, -0.15) is 0 Å². The van der Waals surface area contributed by atoms with Crippen LogP contribution in [-0.2, 0) is 19.3 Å². The predicted molar refractivity (Wildman–Crippen MR) is 279 cm³/mol. The van der Waals surface area contributed by atoms with Crippen LogP contribution in [0.2, 0.25) is 0 Å². The summed E-state index contributed by atoms with van der Waals surface area (Å²) >= 11 is 0. The van der Waals surface area contributed by atoms with E-state index in [0.29, 0.717) is 124 Å². The minimum Gasteiger partial charge on any atom is -0.493 e. The van der Waals surface area contributed by atoms with Gasteiger partial charge < -0.3 is 56.8 Å². The number of rotatable bonds is 27. The quantitative estimate of drug-likeness (QED) is 0.0273. The molecule has 384 valence electrons. The molecular weight excluding hydrogens is 961 g/mol. The van der Waals surface area contributed by atoms with Gasteiger partial charge in [0.15, 0.2) is 69.0 Å². The van der Waals surface area contributed by atoms with Gasteiger partial charge in [-0.05, 0) is 144 Å². The molecule has 6 aromatic carbocycles. The van der Waals surface area contributed by atoms with Crippen LogP contribution in [0.15, 0.2) is 91.0 Å². The maximum Gasteiger partial charge on any atom is 0.163 e. The monoisotopic (exact) mass is 1010 g/mol. The molecule has 0 amide bonds. The SMILES string of the molecule is C#CCOc1cc(C=O)ccc1OCCOc1cc2c(cc1OC)Cc1cc(OCCOc3ccc(C=O)cc3OCC#C)c(OC)cc1Cc1cc(OCCOc3ccc(C=O)cc3OCC#C)c(OC)cc1C2. The van der Waals surface area contributed by atoms with Crippen LogP contribution in [0, 0.1) is 37.0 Å². The molecule has 0 atom stereocenters. The molecule has 0 saturated carbocycles. The Balaban J connectivity index is 1.18. The molecule has 15 heteroatoms. The average Bonchev–Trinajstić information content (AvgIpc) is 3.49. The van der Waals surface area contributed by atoms with E-state index in [4.69, 9.17) is 76.1 Å². The molecule has 1 aliphatic carbocycles. The van der Waals surface area contributed by atoms with Crippen LogP contribution < -0.4 is 56.8 Å². The van der Waals surface area contributed by atoms with E-state index < -0.39 is 0 Å². The Hall–Kier alpha value is -9.39. The highest BCUT2D eigenvalue weighted by molar-refractivity contribution is 5.77. The minimum absolute atomic E-state index is 0.00113. The first kappa shape index (κ1) is 53.4. The predicted octanol–water partition coefficient (Wildman–Crippen LogP) is 8.65. The van der Waals surface area contributed by atoms with E-state index in [1.165, 1.54) is 0 Å². The lowest BCUT2D eigenvalue weighted by Gasteiger charge is -2.19. The molecular formula is C60H54O15. The summed E-state index contributed by atoms with van der Waals surface area (Å²) < 4.78 is 71.9. The molecule has 0 aromatic heterocycles. The van der Waals surface area contributed by atoms with E-state index in [-0.39, 0.29) is 59.5 Å². The van der Waals surface area contributed by atoms with Crippen molar-refractivity contribution >= 4 is 18.9 Å². The van der Waals surface area contributed by atoms with Gasteiger partial charge in [-0.25, -0.2) is 0 Å². The summed E-state index contributed by atoms with van der Waals surface area (Å²) in [6, 6.07) is 26.4. The highest BCUT2D eigenvalue weighted by Gasteiger charge is 2.23. The third-order valence-corrected chi connectivity index (χ3v) is 11.6. The maximum atomic E-state index is 11.4. The largest absolute Gasteiger partial charge is 0.493 e. The van der Waals surface area contributed by atoms with Gasteiger partial charge in [0.1, 0.15) is 78.3 Å². The Kier molecular flexibility index (Phi) is 19.1. The molecule has 0 fully saturated rings. The van der Waals surface area contributed by atoms with Gasteiger partial charge in [-0.15, -0.1) is 19.3 Å². The van der Waals surface area contributed by atoms with Crippen molar-refractivity contribution in [2.45, 2.75) is 19.3 Å². The third-order valence-electron chi connectivity index (χ3n) is 11.6. The van der Waals surface area contributed by atoms with Crippen LogP contribution in [0.4, 0.5) is 0 Å². The fraction of sp³-hybridized carbons (Fsp3) is 0.250. The number of hydrogen-bond acceptors (Lipinski definition) is 15. The first-order valence-corrected chi connectivity index (χ1v) is 23.6. The van der Waals surface area contributed by atoms with Gasteiger partial charge in [0.2, 0.25) is 0 Å². The number of ether oxygens (including phenoxy) is 12. The smallest absolute Gasteiger partial charge is 0.163 e. The van der Waals surface area contributed by atoms with Gasteiger partial charge in [0.25, 0.3) is 0 Å². The molecule has 7 rings (SSSR count). The highest BCUT2D eigenvalue weighted by Crippen LogP contribution is 2.41. The van der Waals surface area contributed by atoms with E-state index in [1.54, 1.807) is 75.9 Å². The summed E-state index contributed by atoms with van der Waals surface area (Å²) in [4.78, 5) is 34.3. The molecule has 0 unspecified atom stereocenters. The zero-order valence-electron chi connectivity index (χ0n) is 41.7. The second-order valence-electron chi connectivity index (χ2n) is 16.4. The van der Waals surface area contributed by atoms with E-state index in [9.17, 15) is 14.4 Å². The van der Waals surface area contributed by atoms with Crippen LogP contribution >= 0.6 is 0 Å². The molecule has 0 heterocycles. The Bertz CT molecular complexity index is 2790. The first-order chi connectivity index (χ1) is 36.7. The Morgan fingerprint density at radius 1 is 0.333 bits per heavy atom. The molecule has 0 N–H and O–H groups in total. The van der Waals surface area contributed by atoms with Gasteiger partial charge in [-0.1, -0.05) is 17.8 Å². The topological polar surface area (TPSA) is 162 Å². The van der Waals surface area contributed by atoms with Gasteiger partial charge in [0.05, 0.1) is 21.3 Å². The number of carbonyl (C=O) groups is 3. The molecule has 0 aliphatic heterocycles. The summed E-state index contributed by atoms with van der Waals surface area (Å²) in [5.74, 6) is 12.5. The lowest BCUT2D eigenvalue weighted by atomic mass is 9.94. The van der Waals surface area contributed by atoms with E-state index in [0.717, 1.165) is 33.4 Å². The van der Waals surface area contributed by atoms with Crippen LogP contribution in [0.3, 0.4) is 0 Å². The molecule has 1 aliphatic rings. The number of hydrogen-bond donors (Lipinski definition) is 0. The van der Waals surface area contributed by atoms with Gasteiger partial charge >= 0.3 is 0 Å². The van der Waals surface area contributed by atoms with Crippen molar-refractivity contribution in [2.24, 2.45) is 0 Å². The van der Waals surface area contributed by atoms with Crippen molar-refractivity contribution in [3.05, 3.63) is 141 Å². The summed E-state index contributed by atoms with van der Waals surface area (Å²) in [5.41, 5.74) is 7.02. The lowest BCUT2D eigenvalue weighted by Crippen LogP contribution is -2.12. The second-order valence-corrected chi connectivity index (χ2v) is 16.4. The fourth-order valence-electron chi connectivity index (χ4n) is 8.11. The van der Waals surface area contributed by atoms with Crippen molar-refractivity contribution < 1.29 is 71.2 Å². The molecule has 6 aromatic rings. The number of carbonyl (C=O) groups excluding carboxylic acids is 3. The standard InChI is InChI=1S/C60H54O15/c1-7-16-67-55-25-40(37-61)10-13-49(55)70-19-22-73-58-34-46-28-44-32-53(65-5)60(75-24-21-72-51-15-12-42(39-63)27-57(51)69-18-9-3)36-48(44)30-45-33-54(66-6)59(35-47(45)29-43(46)31-52(58)64-4)74-23-20-71-50-14-11-41(38-62)26-56(50)68-17-8-2/h1-3,10-15,25-27,31-39H,16-24,28-30H2,4-6H3. The van der Waals surface area contributed by atoms with E-state index in [2.05, 4.69) is 17.8 Å². The number of aldehydes is 3. The number of methoxy groups -OCH3 is 3. The molecule has 0 radical (unpaired) electrons. The summed E-state index contributed by atoms with van der Waals surface area (Å²) in [6.45, 7) is 0.782. The summed E-state index contributed by atoms with van der Waals surface area (Å²) in [7, 11) is 4.75. The van der Waals surface area contributed by atoms with Crippen LogP contribution in [0.25, 0.3) is 0 Å². The zero-order valence-corrected chi connectivity index (χ0v) is 41.7. The van der Waals surface area contributed by atoms with Crippen molar-refractivity contribution in [3.63, 3.8) is 0 Å². The normalized spacial score (nSPS) is 11.0. The van der Waals surface area contributed by atoms with Crippen molar-refractivity contribution in [3.8, 4) is 106 Å². The average molecular weight is 1020 g/mol. The molecule has 0 spiro atoms. The fourth-order valence-corrected chi connectivity index (χ4v) is 8.11. The van der Waals surface area contributed by atoms with Crippen LogP contribution in [0.5, 0.6) is 69.0 Å². The lowest BCUT2D eigenvalue weighted by molar-refractivity contribution is 0.111. The van der Waals surface area contributed by atoms with E-state index >= 15 is 0 Å². The number of fused-ring (bicyclic) bond motifs is 3. The third kappa shape index (κ3) is 14.0. The molecule has 15 nitrogen and oxygen atoms in total. The Morgan fingerprint density at radius 3 is 0.787 bits per heavy atom. The Labute approximate surface area is 435 Å². The zero-order chi connectivity index (χ0) is 52.9. The minimum atomic E-state index is -0.00113. The highest BCUT2D eigenvalue weighted by atomic mass is 16.6. The second kappa shape index (κ2) is 26.9. The van der Waals surface area contributed by atoms with Gasteiger partial charge in [-0.3, -0.25) is 14.4 Å². The van der Waals surface area contributed by atoms with Crippen molar-refractivity contribution in [2.75, 3.05) is 80.8 Å². The van der Waals surface area contributed by atoms with Gasteiger partial charge in [0, 0.05) is 16.7 Å². The number of benzene rings is 6. The summed E-state index contributed by atoms with van der Waals surface area (Å²) in [5, 5.41) is 0. The van der Waals surface area contributed by atoms with Crippen molar-refractivity contribution in [1.29, 1.82) is 0 Å². The molecule has 75 heavy (non-hydrogen) atoms. The van der Waals surface area contributed by atoms with Crippen LogP contribution in [0.1, 0.15) is 64.5 Å². The first-order valence-electron chi connectivity index (χ1n) is 23.6. The van der Waals surface area contributed by atoms with Crippen molar-refractivity contribution in [1.82, 2.24) is 0 Å². The summed E-state index contributed by atoms with van der Waals surface area (Å²) in [6.07, 6.45) is 19.8. The molecule has 0 bridgehead atoms. The number of terminal acetylenes is 3. The Morgan fingerprint density at radius 2 is 0.560 bits per heavy atom. The maximum absolute atomic E-state index is 11.4. The van der Waals surface area contributed by atoms with Crippen LogP contribution in [-0.4, -0.2) is 99.6 Å².